The van der Waals surface area contributed by atoms with E-state index in [1.165, 1.54) is 11.3 Å². The van der Waals surface area contributed by atoms with E-state index in [2.05, 4.69) is 93.0 Å². The van der Waals surface area contributed by atoms with Crippen molar-refractivity contribution in [3.63, 3.8) is 0 Å². The molecule has 2 aromatic heterocycles. The highest BCUT2D eigenvalue weighted by Crippen LogP contribution is 2.45. The maximum Gasteiger partial charge on any atom is 0.229 e. The zero-order valence-electron chi connectivity index (χ0n) is 25.7. The molecule has 216 valence electrons. The van der Waals surface area contributed by atoms with Crippen molar-refractivity contribution in [1.82, 2.24) is 24.6 Å². The zero-order valence-corrected chi connectivity index (χ0v) is 26.7. The first kappa shape index (κ1) is 28.6. The molecule has 0 spiro atoms. The Bertz CT molecular complexity index is 1360. The van der Waals surface area contributed by atoms with Crippen LogP contribution in [0.15, 0.2) is 36.7 Å². The van der Waals surface area contributed by atoms with E-state index in [-0.39, 0.29) is 10.5 Å². The van der Waals surface area contributed by atoms with Crippen molar-refractivity contribution < 1.29 is 4.43 Å². The van der Waals surface area contributed by atoms with E-state index in [0.29, 0.717) is 12.6 Å². The van der Waals surface area contributed by atoms with E-state index in [4.69, 9.17) is 19.5 Å². The van der Waals surface area contributed by atoms with Gasteiger partial charge >= 0.3 is 0 Å². The summed E-state index contributed by atoms with van der Waals surface area (Å²) in [6, 6.07) is 8.58. The van der Waals surface area contributed by atoms with Gasteiger partial charge in [-0.3, -0.25) is 4.68 Å². The second-order valence-electron chi connectivity index (χ2n) is 13.4. The van der Waals surface area contributed by atoms with Crippen molar-refractivity contribution in [2.45, 2.75) is 58.2 Å². The molecular formula is C30H46N8OSi. The van der Waals surface area contributed by atoms with Crippen molar-refractivity contribution in [2.24, 2.45) is 7.05 Å². The smallest absolute Gasteiger partial charge is 0.229 e. The minimum atomic E-state index is -1.92. The van der Waals surface area contributed by atoms with E-state index < -0.39 is 8.32 Å². The van der Waals surface area contributed by atoms with E-state index in [1.807, 2.05) is 30.2 Å². The monoisotopic (exact) mass is 562 g/mol. The fourth-order valence-electron chi connectivity index (χ4n) is 5.25. The van der Waals surface area contributed by atoms with Crippen LogP contribution < -0.4 is 15.1 Å². The lowest BCUT2D eigenvalue weighted by Crippen LogP contribution is -2.45. The summed E-state index contributed by atoms with van der Waals surface area (Å²) in [6.07, 6.45) is 3.95. The van der Waals surface area contributed by atoms with Gasteiger partial charge in [0.05, 0.1) is 0 Å². The zero-order chi connectivity index (χ0) is 28.9. The summed E-state index contributed by atoms with van der Waals surface area (Å²) in [4.78, 5) is 16.9. The number of benzene rings is 1. The van der Waals surface area contributed by atoms with Gasteiger partial charge in [-0.25, -0.2) is 4.98 Å². The molecule has 2 aliphatic heterocycles. The van der Waals surface area contributed by atoms with Crippen LogP contribution in [0.25, 0.3) is 0 Å². The quantitative estimate of drug-likeness (QED) is 0.382. The van der Waals surface area contributed by atoms with Gasteiger partial charge in [0.2, 0.25) is 5.95 Å². The van der Waals surface area contributed by atoms with E-state index in [0.717, 1.165) is 55.6 Å². The molecule has 1 N–H and O–H groups in total. The Labute approximate surface area is 240 Å². The Morgan fingerprint density at radius 1 is 1.07 bits per heavy atom. The largest absolute Gasteiger partial charge is 0.416 e. The number of aromatic nitrogens is 4. The van der Waals surface area contributed by atoms with Crippen molar-refractivity contribution in [3.05, 3.63) is 47.8 Å². The maximum atomic E-state index is 6.74. The Balaban J connectivity index is 1.41. The molecule has 9 nitrogen and oxygen atoms in total. The third kappa shape index (κ3) is 5.62. The minimum Gasteiger partial charge on any atom is -0.416 e. The van der Waals surface area contributed by atoms with Crippen LogP contribution in [-0.2, 0) is 16.9 Å². The molecule has 0 bridgehead atoms. The van der Waals surface area contributed by atoms with Gasteiger partial charge in [-0.05, 0) is 55.9 Å². The molecule has 1 saturated heterocycles. The van der Waals surface area contributed by atoms with Crippen LogP contribution in [0.4, 0.5) is 29.0 Å². The highest BCUT2D eigenvalue weighted by atomic mass is 28.4. The second kappa shape index (κ2) is 10.5. The van der Waals surface area contributed by atoms with Crippen molar-refractivity contribution in [3.8, 4) is 0 Å². The lowest BCUT2D eigenvalue weighted by Gasteiger charge is -2.39. The number of piperazine rings is 1. The number of rotatable bonds is 7. The van der Waals surface area contributed by atoms with Gasteiger partial charge in [0, 0.05) is 87.2 Å². The molecule has 0 aliphatic carbocycles. The average Bonchev–Trinajstić information content (AvgIpc) is 3.44. The Morgan fingerprint density at radius 2 is 1.80 bits per heavy atom. The highest BCUT2D eigenvalue weighted by molar-refractivity contribution is 6.74. The van der Waals surface area contributed by atoms with Gasteiger partial charge in [0.1, 0.15) is 5.82 Å². The number of aryl methyl sites for hydroxylation is 2. The summed E-state index contributed by atoms with van der Waals surface area (Å²) in [6.45, 7) is 21.6. The van der Waals surface area contributed by atoms with E-state index in [1.54, 1.807) is 0 Å². The third-order valence-corrected chi connectivity index (χ3v) is 13.5. The summed E-state index contributed by atoms with van der Waals surface area (Å²) >= 11 is 0. The predicted octanol–water partition coefficient (Wildman–Crippen LogP) is 5.45. The minimum absolute atomic E-state index is 0.147. The van der Waals surface area contributed by atoms with Crippen LogP contribution in [0.5, 0.6) is 0 Å². The van der Waals surface area contributed by atoms with Crippen molar-refractivity contribution in [2.75, 3.05) is 61.5 Å². The van der Waals surface area contributed by atoms with Crippen LogP contribution in [-0.4, -0.2) is 79.3 Å². The van der Waals surface area contributed by atoms with Crippen molar-refractivity contribution >= 4 is 37.3 Å². The molecule has 0 amide bonds. The van der Waals surface area contributed by atoms with Gasteiger partial charge in [-0.2, -0.15) is 10.1 Å². The fraction of sp³-hybridized carbons (Fsp3) is 0.567. The molecule has 3 aromatic rings. The maximum absolute atomic E-state index is 6.74. The molecule has 10 heteroatoms. The molecule has 0 radical (unpaired) electrons. The van der Waals surface area contributed by atoms with Crippen LogP contribution in [0.3, 0.4) is 0 Å². The number of nitrogens with one attached hydrogen (secondary N) is 1. The number of nitrogens with zero attached hydrogens (tertiary/aromatic N) is 7. The molecule has 40 heavy (non-hydrogen) atoms. The van der Waals surface area contributed by atoms with Crippen LogP contribution in [0.1, 0.15) is 38.8 Å². The molecule has 1 aromatic carbocycles. The number of likely N-dealkylation sites (N-methyl/N-ethyl adjacent to an activating group) is 1. The van der Waals surface area contributed by atoms with Gasteiger partial charge in [0.25, 0.3) is 0 Å². The van der Waals surface area contributed by atoms with Gasteiger partial charge in [-0.1, -0.05) is 27.7 Å². The molecule has 1 fully saturated rings. The Kier molecular flexibility index (Phi) is 7.47. The first-order chi connectivity index (χ1) is 18.8. The summed E-state index contributed by atoms with van der Waals surface area (Å²) < 4.78 is 8.58. The molecule has 0 saturated carbocycles. The Morgan fingerprint density at radius 3 is 2.42 bits per heavy atom. The molecular weight excluding hydrogens is 516 g/mol. The lowest BCUT2D eigenvalue weighted by atomic mass is 9.87. The molecule has 2 aliphatic rings. The standard InChI is InChI=1S/C30H46N8OSi/c1-22-18-23(10-11-25(22)37-16-14-35(6)15-17-37)32-28-31-19-24-27(33-28)38(26-12-13-36(7)34-26)20-30(24,5)21-39-40(8,9)29(2,3)4/h10-13,18-19H,14-17,20-21H2,1-9H3,(H,31,32,33)/t30-/m1/s1. The molecule has 4 heterocycles. The summed E-state index contributed by atoms with van der Waals surface area (Å²) in [5.74, 6) is 2.36. The summed E-state index contributed by atoms with van der Waals surface area (Å²) in [5, 5.41) is 8.32. The highest BCUT2D eigenvalue weighted by Gasteiger charge is 2.45. The average molecular weight is 563 g/mol. The van der Waals surface area contributed by atoms with Gasteiger partial charge < -0.3 is 24.4 Å². The van der Waals surface area contributed by atoms with Gasteiger partial charge in [0.15, 0.2) is 14.1 Å². The number of hydrogen-bond donors (Lipinski definition) is 1. The summed E-state index contributed by atoms with van der Waals surface area (Å²) in [5.41, 5.74) is 4.39. The fourth-order valence-corrected chi connectivity index (χ4v) is 6.37. The number of fused-ring (bicyclic) bond motifs is 1. The predicted molar refractivity (Wildman–Crippen MR) is 167 cm³/mol. The molecule has 5 rings (SSSR count). The normalized spacial score (nSPS) is 20.2. The third-order valence-electron chi connectivity index (χ3n) is 9.01. The van der Waals surface area contributed by atoms with E-state index in [9.17, 15) is 0 Å². The lowest BCUT2D eigenvalue weighted by molar-refractivity contribution is 0.218. The number of hydrogen-bond acceptors (Lipinski definition) is 8. The van der Waals surface area contributed by atoms with Gasteiger partial charge in [-0.15, -0.1) is 0 Å². The number of anilines is 5. The second-order valence-corrected chi connectivity index (χ2v) is 18.2. The SMILES string of the molecule is Cc1cc(Nc2ncc3c(n2)N(c2ccn(C)n2)C[C@]3(C)CO[Si](C)(C)C(C)(C)C)ccc1N1CCN(C)CC1. The first-order valence-electron chi connectivity index (χ1n) is 14.4. The summed E-state index contributed by atoms with van der Waals surface area (Å²) in [7, 11) is 2.21. The molecule has 0 unspecified atom stereocenters. The van der Waals surface area contributed by atoms with Crippen LogP contribution in [0.2, 0.25) is 18.1 Å². The topological polar surface area (TPSA) is 74.6 Å². The molecule has 1 atom stereocenters. The van der Waals surface area contributed by atoms with E-state index >= 15 is 0 Å². The van der Waals surface area contributed by atoms with Crippen molar-refractivity contribution in [1.29, 1.82) is 0 Å². The van der Waals surface area contributed by atoms with Crippen LogP contribution >= 0.6 is 0 Å². The Hall–Kier alpha value is -2.95. The van der Waals surface area contributed by atoms with Crippen LogP contribution in [0, 0.1) is 6.92 Å². The first-order valence-corrected chi connectivity index (χ1v) is 17.3.